The van der Waals surface area contributed by atoms with E-state index < -0.39 is 18.0 Å². The molecule has 1 atom stereocenters. The van der Waals surface area contributed by atoms with E-state index in [4.69, 9.17) is 14.6 Å². The highest BCUT2D eigenvalue weighted by Crippen LogP contribution is 2.12. The second kappa shape index (κ2) is 10.8. The lowest BCUT2D eigenvalue weighted by Gasteiger charge is -2.13. The number of hydrogen-bond acceptors (Lipinski definition) is 4. The van der Waals surface area contributed by atoms with Crippen molar-refractivity contribution in [3.8, 4) is 5.75 Å². The molecule has 7 nitrogen and oxygen atoms in total. The lowest BCUT2D eigenvalue weighted by molar-refractivity contribution is -0.137. The predicted octanol–water partition coefficient (Wildman–Crippen LogP) is 2.90. The second-order valence-corrected chi connectivity index (χ2v) is 6.07. The zero-order valence-electron chi connectivity index (χ0n) is 15.2. The van der Waals surface area contributed by atoms with Gasteiger partial charge in [-0.1, -0.05) is 42.5 Å². The third-order valence-electron chi connectivity index (χ3n) is 3.66. The molecule has 0 aliphatic rings. The Labute approximate surface area is 158 Å². The molecule has 0 saturated heterocycles. The molecule has 0 unspecified atom stereocenters. The second-order valence-electron chi connectivity index (χ2n) is 6.07. The fraction of sp³-hybridized carbons (Fsp3) is 0.300. The van der Waals surface area contributed by atoms with E-state index in [1.54, 1.807) is 19.1 Å². The topological polar surface area (TPSA) is 96.9 Å². The van der Waals surface area contributed by atoms with Crippen molar-refractivity contribution in [1.29, 1.82) is 0 Å². The Kier molecular flexibility index (Phi) is 8.12. The summed E-state index contributed by atoms with van der Waals surface area (Å²) >= 11 is 0. The highest BCUT2D eigenvalue weighted by molar-refractivity contribution is 5.75. The van der Waals surface area contributed by atoms with Crippen LogP contribution in [0.15, 0.2) is 54.6 Å². The summed E-state index contributed by atoms with van der Waals surface area (Å²) in [4.78, 5) is 22.3. The Morgan fingerprint density at radius 1 is 1.04 bits per heavy atom. The molecule has 2 aromatic carbocycles. The maximum absolute atomic E-state index is 11.7. The summed E-state index contributed by atoms with van der Waals surface area (Å²) in [5.74, 6) is -0.280. The smallest absolute Gasteiger partial charge is 0.315 e. The Hall–Kier alpha value is -3.06. The monoisotopic (exact) mass is 372 g/mol. The average Bonchev–Trinajstić information content (AvgIpc) is 2.64. The number of nitrogens with one attached hydrogen (secondary N) is 2. The van der Waals surface area contributed by atoms with Gasteiger partial charge in [0.25, 0.3) is 0 Å². The number of rotatable bonds is 10. The minimum absolute atomic E-state index is 0.119. The minimum atomic E-state index is -0.953. The number of hydrogen-bond donors (Lipinski definition) is 3. The number of carboxylic acids is 1. The van der Waals surface area contributed by atoms with Crippen molar-refractivity contribution in [1.82, 2.24) is 10.6 Å². The van der Waals surface area contributed by atoms with Crippen molar-refractivity contribution < 1.29 is 24.2 Å². The number of carbonyl (C=O) groups excluding carboxylic acids is 1. The molecule has 27 heavy (non-hydrogen) atoms. The summed E-state index contributed by atoms with van der Waals surface area (Å²) in [7, 11) is 0. The number of carbonyl (C=O) groups is 2. The highest BCUT2D eigenvalue weighted by atomic mass is 16.7. The van der Waals surface area contributed by atoms with Crippen molar-refractivity contribution in [3.05, 3.63) is 65.7 Å². The van der Waals surface area contributed by atoms with Crippen LogP contribution < -0.4 is 15.4 Å². The quantitative estimate of drug-likeness (QED) is 0.440. The van der Waals surface area contributed by atoms with Gasteiger partial charge in [0.1, 0.15) is 5.75 Å². The van der Waals surface area contributed by atoms with E-state index in [0.29, 0.717) is 18.9 Å². The van der Waals surface area contributed by atoms with E-state index in [2.05, 4.69) is 10.6 Å². The standard InChI is InChI=1S/C20H24N2O5/c1-15(11-19(23)24)22-20(25)21-12-16-7-9-18(10-8-16)27-14-26-13-17-5-3-2-4-6-17/h2-10,15H,11-14H2,1H3,(H,23,24)(H2,21,22,25)/t15-/m1/s1. The van der Waals surface area contributed by atoms with E-state index in [9.17, 15) is 9.59 Å². The van der Waals surface area contributed by atoms with Gasteiger partial charge in [-0.25, -0.2) is 4.79 Å². The van der Waals surface area contributed by atoms with Gasteiger partial charge in [-0.3, -0.25) is 4.79 Å². The summed E-state index contributed by atoms with van der Waals surface area (Å²) in [6, 6.07) is 16.3. The van der Waals surface area contributed by atoms with Crippen molar-refractivity contribution in [2.45, 2.75) is 32.5 Å². The van der Waals surface area contributed by atoms with E-state index in [1.807, 2.05) is 42.5 Å². The van der Waals surface area contributed by atoms with Gasteiger partial charge in [0.2, 0.25) is 0 Å². The molecule has 3 N–H and O–H groups in total. The number of amides is 2. The van der Waals surface area contributed by atoms with Gasteiger partial charge in [-0.2, -0.15) is 0 Å². The molecule has 0 spiro atoms. The Morgan fingerprint density at radius 2 is 1.74 bits per heavy atom. The fourth-order valence-electron chi connectivity index (χ4n) is 2.32. The molecule has 0 radical (unpaired) electrons. The maximum atomic E-state index is 11.7. The maximum Gasteiger partial charge on any atom is 0.315 e. The molecule has 2 amide bonds. The number of ether oxygens (including phenoxy) is 2. The van der Waals surface area contributed by atoms with Gasteiger partial charge in [-0.05, 0) is 30.2 Å². The van der Waals surface area contributed by atoms with Crippen molar-refractivity contribution in [2.75, 3.05) is 6.79 Å². The molecule has 0 saturated carbocycles. The molecular weight excluding hydrogens is 348 g/mol. The zero-order chi connectivity index (χ0) is 19.5. The molecule has 0 aliphatic heterocycles. The van der Waals surface area contributed by atoms with Crippen LogP contribution in [-0.4, -0.2) is 29.9 Å². The first kappa shape index (κ1) is 20.3. The van der Waals surface area contributed by atoms with E-state index >= 15 is 0 Å². The molecule has 0 heterocycles. The first-order valence-electron chi connectivity index (χ1n) is 8.62. The van der Waals surface area contributed by atoms with Gasteiger partial charge in [0, 0.05) is 12.6 Å². The minimum Gasteiger partial charge on any atom is -0.481 e. The van der Waals surface area contributed by atoms with Crippen LogP contribution in [0.5, 0.6) is 5.75 Å². The molecular formula is C20H24N2O5. The molecule has 0 fully saturated rings. The van der Waals surface area contributed by atoms with Crippen LogP contribution in [0, 0.1) is 0 Å². The van der Waals surface area contributed by atoms with Gasteiger partial charge in [0.15, 0.2) is 6.79 Å². The molecule has 0 aromatic heterocycles. The van der Waals surface area contributed by atoms with Crippen LogP contribution in [0.1, 0.15) is 24.5 Å². The van der Waals surface area contributed by atoms with E-state index in [-0.39, 0.29) is 13.2 Å². The number of aliphatic carboxylic acids is 1. The SMILES string of the molecule is C[C@H](CC(=O)O)NC(=O)NCc1ccc(OCOCc2ccccc2)cc1. The lowest BCUT2D eigenvalue weighted by atomic mass is 10.2. The van der Waals surface area contributed by atoms with Crippen molar-refractivity contribution in [3.63, 3.8) is 0 Å². The third-order valence-corrected chi connectivity index (χ3v) is 3.66. The predicted molar refractivity (Wildman–Crippen MR) is 100 cm³/mol. The fourth-order valence-corrected chi connectivity index (χ4v) is 2.32. The van der Waals surface area contributed by atoms with Gasteiger partial charge < -0.3 is 25.2 Å². The average molecular weight is 372 g/mol. The molecule has 2 rings (SSSR count). The summed E-state index contributed by atoms with van der Waals surface area (Å²) in [6.45, 7) is 2.60. The van der Waals surface area contributed by atoms with Gasteiger partial charge >= 0.3 is 12.0 Å². The van der Waals surface area contributed by atoms with Crippen LogP contribution in [0.2, 0.25) is 0 Å². The third kappa shape index (κ3) is 8.24. The van der Waals surface area contributed by atoms with Crippen LogP contribution >= 0.6 is 0 Å². The summed E-state index contributed by atoms with van der Waals surface area (Å²) in [6.07, 6.45) is -0.119. The van der Waals surface area contributed by atoms with E-state index in [0.717, 1.165) is 11.1 Å². The Balaban J connectivity index is 1.65. The normalized spacial score (nSPS) is 11.4. The van der Waals surface area contributed by atoms with Crippen LogP contribution in [0.25, 0.3) is 0 Å². The summed E-state index contributed by atoms with van der Waals surface area (Å²) in [5, 5.41) is 13.9. The first-order chi connectivity index (χ1) is 13.0. The van der Waals surface area contributed by atoms with Crippen LogP contribution in [0.3, 0.4) is 0 Å². The molecule has 2 aromatic rings. The molecule has 144 valence electrons. The largest absolute Gasteiger partial charge is 0.481 e. The summed E-state index contributed by atoms with van der Waals surface area (Å²) < 4.78 is 11.0. The number of carboxylic acid groups (broad SMARTS) is 1. The lowest BCUT2D eigenvalue weighted by Crippen LogP contribution is -2.41. The van der Waals surface area contributed by atoms with Crippen molar-refractivity contribution in [2.24, 2.45) is 0 Å². The Bertz CT molecular complexity index is 719. The van der Waals surface area contributed by atoms with Gasteiger partial charge in [0.05, 0.1) is 13.0 Å². The molecule has 0 aliphatic carbocycles. The van der Waals surface area contributed by atoms with E-state index in [1.165, 1.54) is 0 Å². The molecule has 0 bridgehead atoms. The first-order valence-corrected chi connectivity index (χ1v) is 8.62. The zero-order valence-corrected chi connectivity index (χ0v) is 15.2. The van der Waals surface area contributed by atoms with Gasteiger partial charge in [-0.15, -0.1) is 0 Å². The van der Waals surface area contributed by atoms with Crippen molar-refractivity contribution >= 4 is 12.0 Å². The Morgan fingerprint density at radius 3 is 2.41 bits per heavy atom. The van der Waals surface area contributed by atoms with Crippen LogP contribution in [-0.2, 0) is 22.7 Å². The number of urea groups is 1. The highest BCUT2D eigenvalue weighted by Gasteiger charge is 2.10. The van der Waals surface area contributed by atoms with Crippen LogP contribution in [0.4, 0.5) is 4.79 Å². The summed E-state index contributed by atoms with van der Waals surface area (Å²) in [5.41, 5.74) is 1.98. The number of benzene rings is 2. The molecule has 7 heteroatoms.